The highest BCUT2D eigenvalue weighted by Crippen LogP contribution is 2.01. The monoisotopic (exact) mass is 207 g/mol. The number of benzene rings is 1. The average molecular weight is 207 g/mol. The highest BCUT2D eigenvalue weighted by Gasteiger charge is 2.10. The van der Waals surface area contributed by atoms with Crippen LogP contribution in [0.25, 0.3) is 0 Å². The minimum absolute atomic E-state index is 0.165. The molecule has 0 heterocycles. The molecule has 0 bridgehead atoms. The van der Waals surface area contributed by atoms with Crippen LogP contribution in [0.2, 0.25) is 0 Å². The molecule has 0 N–H and O–H groups in total. The second-order valence-corrected chi connectivity index (χ2v) is 3.14. The van der Waals surface area contributed by atoms with Gasteiger partial charge in [0, 0.05) is 14.0 Å². The van der Waals surface area contributed by atoms with Gasteiger partial charge in [-0.1, -0.05) is 30.3 Å². The number of rotatable bonds is 2. The highest BCUT2D eigenvalue weighted by molar-refractivity contribution is 5.77. The van der Waals surface area contributed by atoms with Gasteiger partial charge in [0.05, 0.1) is 6.42 Å². The highest BCUT2D eigenvalue weighted by atomic mass is 16.7. The van der Waals surface area contributed by atoms with Crippen molar-refractivity contribution in [1.29, 1.82) is 0 Å². The molecule has 1 aromatic carbocycles. The zero-order valence-electron chi connectivity index (χ0n) is 8.77. The quantitative estimate of drug-likeness (QED) is 0.684. The van der Waals surface area contributed by atoms with Crippen LogP contribution in [0.3, 0.4) is 0 Å². The molecule has 0 spiro atoms. The van der Waals surface area contributed by atoms with Gasteiger partial charge in [-0.3, -0.25) is 4.79 Å². The molecule has 0 radical (unpaired) electrons. The van der Waals surface area contributed by atoms with Crippen molar-refractivity contribution in [2.24, 2.45) is 0 Å². The Morgan fingerprint density at radius 1 is 1.27 bits per heavy atom. The maximum atomic E-state index is 11.3. The SMILES string of the molecule is CC(=O)N(C)OC(=O)Cc1ccccc1. The third kappa shape index (κ3) is 3.81. The summed E-state index contributed by atoms with van der Waals surface area (Å²) in [5, 5.41) is 0.922. The first kappa shape index (κ1) is 11.2. The summed E-state index contributed by atoms with van der Waals surface area (Å²) >= 11 is 0. The van der Waals surface area contributed by atoms with Gasteiger partial charge in [0.25, 0.3) is 5.91 Å². The average Bonchev–Trinajstić information content (AvgIpc) is 2.18. The van der Waals surface area contributed by atoms with E-state index in [-0.39, 0.29) is 12.3 Å². The van der Waals surface area contributed by atoms with Crippen LogP contribution in [0, 0.1) is 0 Å². The van der Waals surface area contributed by atoms with Crippen molar-refractivity contribution < 1.29 is 14.4 Å². The maximum absolute atomic E-state index is 11.3. The number of hydrogen-bond acceptors (Lipinski definition) is 3. The van der Waals surface area contributed by atoms with Crippen molar-refractivity contribution in [3.8, 4) is 0 Å². The van der Waals surface area contributed by atoms with Crippen LogP contribution < -0.4 is 0 Å². The second kappa shape index (κ2) is 5.14. The normalized spacial score (nSPS) is 9.47. The summed E-state index contributed by atoms with van der Waals surface area (Å²) in [6.45, 7) is 1.33. The standard InChI is InChI=1S/C11H13NO3/c1-9(13)12(2)15-11(14)8-10-6-4-3-5-7-10/h3-7H,8H2,1-2H3. The Labute approximate surface area is 88.4 Å². The Balaban J connectivity index is 2.47. The van der Waals surface area contributed by atoms with E-state index >= 15 is 0 Å². The summed E-state index contributed by atoms with van der Waals surface area (Å²) < 4.78 is 0. The molecule has 0 aliphatic carbocycles. The summed E-state index contributed by atoms with van der Waals surface area (Å²) in [6, 6.07) is 9.22. The van der Waals surface area contributed by atoms with Crippen molar-refractivity contribution in [1.82, 2.24) is 5.06 Å². The minimum atomic E-state index is -0.445. The minimum Gasteiger partial charge on any atom is -0.338 e. The van der Waals surface area contributed by atoms with Crippen LogP contribution in [0.5, 0.6) is 0 Å². The Morgan fingerprint density at radius 3 is 2.40 bits per heavy atom. The summed E-state index contributed by atoms with van der Waals surface area (Å²) in [7, 11) is 1.41. The fourth-order valence-corrected chi connectivity index (χ4v) is 1.01. The van der Waals surface area contributed by atoms with Gasteiger partial charge in [-0.05, 0) is 5.56 Å². The Kier molecular flexibility index (Phi) is 3.85. The lowest BCUT2D eigenvalue weighted by atomic mass is 10.2. The van der Waals surface area contributed by atoms with E-state index in [1.54, 1.807) is 0 Å². The number of hydroxylamine groups is 2. The van der Waals surface area contributed by atoms with Crippen molar-refractivity contribution in [2.75, 3.05) is 7.05 Å². The van der Waals surface area contributed by atoms with Gasteiger partial charge in [-0.15, -0.1) is 0 Å². The molecule has 4 nitrogen and oxygen atoms in total. The number of carbonyl (C=O) groups is 2. The number of amides is 1. The predicted molar refractivity (Wildman–Crippen MR) is 54.7 cm³/mol. The Morgan fingerprint density at radius 2 is 1.87 bits per heavy atom. The van der Waals surface area contributed by atoms with Crippen molar-refractivity contribution >= 4 is 11.9 Å². The smallest absolute Gasteiger partial charge is 0.336 e. The van der Waals surface area contributed by atoms with Crippen molar-refractivity contribution in [3.63, 3.8) is 0 Å². The molecule has 15 heavy (non-hydrogen) atoms. The van der Waals surface area contributed by atoms with Gasteiger partial charge in [0.2, 0.25) is 0 Å². The molecule has 0 aliphatic rings. The fraction of sp³-hybridized carbons (Fsp3) is 0.273. The molecule has 1 amide bonds. The first-order valence-electron chi connectivity index (χ1n) is 4.58. The molecule has 0 saturated heterocycles. The van der Waals surface area contributed by atoms with Crippen LogP contribution in [0.15, 0.2) is 30.3 Å². The van der Waals surface area contributed by atoms with Gasteiger partial charge >= 0.3 is 5.97 Å². The van der Waals surface area contributed by atoms with Crippen LogP contribution in [-0.4, -0.2) is 24.0 Å². The van der Waals surface area contributed by atoms with E-state index in [2.05, 4.69) is 0 Å². The lowest BCUT2D eigenvalue weighted by Gasteiger charge is -2.13. The first-order chi connectivity index (χ1) is 7.09. The number of carbonyl (C=O) groups excluding carboxylic acids is 2. The van der Waals surface area contributed by atoms with E-state index in [4.69, 9.17) is 4.84 Å². The van der Waals surface area contributed by atoms with Gasteiger partial charge < -0.3 is 4.84 Å². The van der Waals surface area contributed by atoms with Crippen molar-refractivity contribution in [2.45, 2.75) is 13.3 Å². The lowest BCUT2D eigenvalue weighted by Crippen LogP contribution is -2.28. The lowest BCUT2D eigenvalue weighted by molar-refractivity contribution is -0.190. The topological polar surface area (TPSA) is 46.6 Å². The van der Waals surface area contributed by atoms with E-state index < -0.39 is 5.97 Å². The maximum Gasteiger partial charge on any atom is 0.336 e. The Hall–Kier alpha value is -1.84. The molecule has 80 valence electrons. The van der Waals surface area contributed by atoms with Crippen LogP contribution in [0.4, 0.5) is 0 Å². The van der Waals surface area contributed by atoms with Crippen LogP contribution >= 0.6 is 0 Å². The molecule has 0 fully saturated rings. The molecule has 0 aliphatic heterocycles. The van der Waals surface area contributed by atoms with Gasteiger partial charge in [-0.25, -0.2) is 4.79 Å². The second-order valence-electron chi connectivity index (χ2n) is 3.14. The zero-order chi connectivity index (χ0) is 11.3. The van der Waals surface area contributed by atoms with Crippen LogP contribution in [0.1, 0.15) is 12.5 Å². The fourth-order valence-electron chi connectivity index (χ4n) is 1.01. The molecule has 0 unspecified atom stereocenters. The van der Waals surface area contributed by atoms with Gasteiger partial charge in [0.1, 0.15) is 0 Å². The summed E-state index contributed by atoms with van der Waals surface area (Å²) in [5.41, 5.74) is 0.861. The van der Waals surface area contributed by atoms with Crippen LogP contribution in [-0.2, 0) is 20.8 Å². The zero-order valence-corrected chi connectivity index (χ0v) is 8.77. The molecule has 0 saturated carbocycles. The Bertz CT molecular complexity index is 348. The van der Waals surface area contributed by atoms with E-state index in [1.807, 2.05) is 30.3 Å². The molecule has 0 aromatic heterocycles. The van der Waals surface area contributed by atoms with E-state index in [0.29, 0.717) is 0 Å². The van der Waals surface area contributed by atoms with E-state index in [1.165, 1.54) is 14.0 Å². The molecule has 1 rings (SSSR count). The van der Waals surface area contributed by atoms with E-state index in [9.17, 15) is 9.59 Å². The van der Waals surface area contributed by atoms with Gasteiger partial charge in [0.15, 0.2) is 0 Å². The third-order valence-electron chi connectivity index (χ3n) is 1.87. The predicted octanol–water partition coefficient (Wildman–Crippen LogP) is 1.17. The molecular weight excluding hydrogens is 194 g/mol. The number of hydrogen-bond donors (Lipinski definition) is 0. The summed E-state index contributed by atoms with van der Waals surface area (Å²) in [4.78, 5) is 26.9. The van der Waals surface area contributed by atoms with Crippen molar-refractivity contribution in [3.05, 3.63) is 35.9 Å². The van der Waals surface area contributed by atoms with Gasteiger partial charge in [-0.2, -0.15) is 5.06 Å². The summed E-state index contributed by atoms with van der Waals surface area (Å²) in [5.74, 6) is -0.754. The third-order valence-corrected chi connectivity index (χ3v) is 1.87. The first-order valence-corrected chi connectivity index (χ1v) is 4.58. The molecular formula is C11H13NO3. The molecule has 4 heteroatoms. The number of nitrogens with zero attached hydrogens (tertiary/aromatic N) is 1. The molecule has 1 aromatic rings. The largest absolute Gasteiger partial charge is 0.338 e. The summed E-state index contributed by atoms with van der Waals surface area (Å²) in [6.07, 6.45) is 0.165. The van der Waals surface area contributed by atoms with E-state index in [0.717, 1.165) is 10.6 Å². The molecule has 0 atom stereocenters.